The van der Waals surface area contributed by atoms with Crippen LogP contribution in [0.2, 0.25) is 0 Å². The van der Waals surface area contributed by atoms with Crippen molar-refractivity contribution in [2.75, 3.05) is 5.32 Å². The number of hydrogen-bond acceptors (Lipinski definition) is 4. The van der Waals surface area contributed by atoms with E-state index in [1.54, 1.807) is 18.5 Å². The normalized spacial score (nSPS) is 11.5. The molecule has 4 rings (SSSR count). The van der Waals surface area contributed by atoms with Crippen molar-refractivity contribution in [3.63, 3.8) is 0 Å². The van der Waals surface area contributed by atoms with E-state index in [9.17, 15) is 18.0 Å². The fourth-order valence-corrected chi connectivity index (χ4v) is 3.16. The Hall–Kier alpha value is -3.81. The highest BCUT2D eigenvalue weighted by Crippen LogP contribution is 2.31. The second-order valence-electron chi connectivity index (χ2n) is 6.64. The van der Waals surface area contributed by atoms with Crippen LogP contribution in [-0.2, 0) is 6.18 Å². The van der Waals surface area contributed by atoms with Crippen molar-refractivity contribution < 1.29 is 18.0 Å². The molecule has 0 fully saturated rings. The third kappa shape index (κ3) is 3.84. The van der Waals surface area contributed by atoms with E-state index in [0.29, 0.717) is 0 Å². The van der Waals surface area contributed by atoms with E-state index in [2.05, 4.69) is 20.3 Å². The maximum absolute atomic E-state index is 12.8. The topological polar surface area (TPSA) is 67.8 Å². The number of nitrogens with one attached hydrogen (secondary N) is 1. The lowest BCUT2D eigenvalue weighted by Gasteiger charge is -2.11. The fraction of sp³-hybridized carbons (Fsp3) is 0.0909. The van der Waals surface area contributed by atoms with Crippen molar-refractivity contribution in [2.45, 2.75) is 13.1 Å². The first kappa shape index (κ1) is 19.5. The number of aryl methyl sites for hydroxylation is 1. The SMILES string of the molecule is Cc1cc(C(=O)Nc2ccnc(C(F)(F)F)c2)ncc1-c1cccc2ncccc12. The summed E-state index contributed by atoms with van der Waals surface area (Å²) in [6.45, 7) is 1.84. The fourth-order valence-electron chi connectivity index (χ4n) is 3.16. The van der Waals surface area contributed by atoms with Crippen molar-refractivity contribution in [1.82, 2.24) is 15.0 Å². The van der Waals surface area contributed by atoms with Gasteiger partial charge in [0.15, 0.2) is 0 Å². The number of fused-ring (bicyclic) bond motifs is 1. The predicted molar refractivity (Wildman–Crippen MR) is 107 cm³/mol. The Kier molecular flexibility index (Phi) is 4.91. The second-order valence-corrected chi connectivity index (χ2v) is 6.64. The summed E-state index contributed by atoms with van der Waals surface area (Å²) in [6.07, 6.45) is -0.299. The molecular formula is C22H15F3N4O. The molecule has 1 N–H and O–H groups in total. The van der Waals surface area contributed by atoms with Crippen molar-refractivity contribution in [3.05, 3.63) is 84.1 Å². The highest BCUT2D eigenvalue weighted by Gasteiger charge is 2.32. The van der Waals surface area contributed by atoms with Crippen LogP contribution < -0.4 is 5.32 Å². The van der Waals surface area contributed by atoms with Crippen LogP contribution in [0.4, 0.5) is 18.9 Å². The zero-order chi connectivity index (χ0) is 21.3. The van der Waals surface area contributed by atoms with Crippen LogP contribution in [0.1, 0.15) is 21.7 Å². The standard InChI is InChI=1S/C22H15F3N4O/c1-13-10-19(21(30)29-14-7-9-27-20(11-14)22(23,24)25)28-12-17(13)15-4-2-6-18-16(15)5-3-8-26-18/h2-12H,1H3,(H,27,29,30). The summed E-state index contributed by atoms with van der Waals surface area (Å²) in [5.41, 5.74) is 2.43. The average molecular weight is 408 g/mol. The molecule has 4 aromatic rings. The van der Waals surface area contributed by atoms with Gasteiger partial charge >= 0.3 is 6.18 Å². The molecule has 0 saturated heterocycles. The molecule has 0 saturated carbocycles. The number of nitrogens with zero attached hydrogens (tertiary/aromatic N) is 3. The van der Waals surface area contributed by atoms with Gasteiger partial charge in [0.05, 0.1) is 5.52 Å². The molecular weight excluding hydrogens is 393 g/mol. The lowest BCUT2D eigenvalue weighted by molar-refractivity contribution is -0.141. The van der Waals surface area contributed by atoms with Crippen LogP contribution in [0.5, 0.6) is 0 Å². The first-order valence-corrected chi connectivity index (χ1v) is 8.98. The van der Waals surface area contributed by atoms with Crippen LogP contribution in [0, 0.1) is 6.92 Å². The summed E-state index contributed by atoms with van der Waals surface area (Å²) in [4.78, 5) is 24.3. The number of pyridine rings is 3. The summed E-state index contributed by atoms with van der Waals surface area (Å²) in [6, 6.07) is 13.2. The number of alkyl halides is 3. The molecule has 5 nitrogen and oxygen atoms in total. The van der Waals surface area contributed by atoms with Gasteiger partial charge in [-0.2, -0.15) is 13.2 Å². The van der Waals surface area contributed by atoms with Gasteiger partial charge in [-0.1, -0.05) is 18.2 Å². The van der Waals surface area contributed by atoms with Crippen molar-refractivity contribution in [1.29, 1.82) is 0 Å². The van der Waals surface area contributed by atoms with Gasteiger partial charge < -0.3 is 5.32 Å². The summed E-state index contributed by atoms with van der Waals surface area (Å²) in [5.74, 6) is -0.608. The number of benzene rings is 1. The quantitative estimate of drug-likeness (QED) is 0.501. The highest BCUT2D eigenvalue weighted by molar-refractivity contribution is 6.03. The number of carbonyl (C=O) groups is 1. The third-order valence-electron chi connectivity index (χ3n) is 4.59. The zero-order valence-electron chi connectivity index (χ0n) is 15.7. The summed E-state index contributed by atoms with van der Waals surface area (Å²) in [5, 5.41) is 3.39. The maximum Gasteiger partial charge on any atom is 0.433 e. The molecule has 3 aromatic heterocycles. The maximum atomic E-state index is 12.8. The van der Waals surface area contributed by atoms with Gasteiger partial charge in [0.2, 0.25) is 0 Å². The van der Waals surface area contributed by atoms with Gasteiger partial charge in [0.1, 0.15) is 11.4 Å². The summed E-state index contributed by atoms with van der Waals surface area (Å²) >= 11 is 0. The molecule has 30 heavy (non-hydrogen) atoms. The minimum atomic E-state index is -4.59. The van der Waals surface area contributed by atoms with E-state index in [0.717, 1.165) is 39.9 Å². The minimum absolute atomic E-state index is 0.00835. The predicted octanol–water partition coefficient (Wildman–Crippen LogP) is 5.27. The molecule has 0 aliphatic carbocycles. The molecule has 3 heterocycles. The van der Waals surface area contributed by atoms with Crippen LogP contribution in [0.3, 0.4) is 0 Å². The van der Waals surface area contributed by atoms with Gasteiger partial charge in [-0.15, -0.1) is 0 Å². The van der Waals surface area contributed by atoms with Gasteiger partial charge in [0.25, 0.3) is 5.91 Å². The number of carbonyl (C=O) groups excluding carboxylic acids is 1. The molecule has 0 aliphatic heterocycles. The summed E-state index contributed by atoms with van der Waals surface area (Å²) < 4.78 is 38.4. The summed E-state index contributed by atoms with van der Waals surface area (Å²) in [7, 11) is 0. The second kappa shape index (κ2) is 7.55. The Morgan fingerprint density at radius 3 is 2.53 bits per heavy atom. The van der Waals surface area contributed by atoms with E-state index >= 15 is 0 Å². The molecule has 0 unspecified atom stereocenters. The molecule has 150 valence electrons. The van der Waals surface area contributed by atoms with Crippen LogP contribution >= 0.6 is 0 Å². The first-order chi connectivity index (χ1) is 14.3. The van der Waals surface area contributed by atoms with Crippen molar-refractivity contribution in [3.8, 4) is 11.1 Å². The van der Waals surface area contributed by atoms with E-state index in [-0.39, 0.29) is 11.4 Å². The smallest absolute Gasteiger partial charge is 0.321 e. The monoisotopic (exact) mass is 408 g/mol. The number of halogens is 3. The minimum Gasteiger partial charge on any atom is -0.321 e. The number of anilines is 1. The highest BCUT2D eigenvalue weighted by atomic mass is 19.4. The molecule has 8 heteroatoms. The number of amides is 1. The lowest BCUT2D eigenvalue weighted by Crippen LogP contribution is -2.15. The molecule has 0 bridgehead atoms. The van der Waals surface area contributed by atoms with E-state index in [1.165, 1.54) is 6.07 Å². The largest absolute Gasteiger partial charge is 0.433 e. The van der Waals surface area contributed by atoms with E-state index in [4.69, 9.17) is 0 Å². The van der Waals surface area contributed by atoms with Crippen LogP contribution in [0.15, 0.2) is 67.1 Å². The lowest BCUT2D eigenvalue weighted by atomic mass is 9.98. The Balaban J connectivity index is 1.63. The van der Waals surface area contributed by atoms with Crippen molar-refractivity contribution in [2.24, 2.45) is 0 Å². The molecule has 1 aromatic carbocycles. The Labute approximate surface area is 169 Å². The average Bonchev–Trinajstić information content (AvgIpc) is 2.73. The number of hydrogen-bond donors (Lipinski definition) is 1. The molecule has 0 aliphatic rings. The molecule has 0 radical (unpaired) electrons. The van der Waals surface area contributed by atoms with Gasteiger partial charge in [-0.3, -0.25) is 19.7 Å². The third-order valence-corrected chi connectivity index (χ3v) is 4.59. The number of rotatable bonds is 3. The first-order valence-electron chi connectivity index (χ1n) is 8.98. The molecule has 0 atom stereocenters. The number of aromatic nitrogens is 3. The Bertz CT molecular complexity index is 1250. The van der Waals surface area contributed by atoms with Gasteiger partial charge in [-0.05, 0) is 48.4 Å². The Morgan fingerprint density at radius 2 is 1.77 bits per heavy atom. The van der Waals surface area contributed by atoms with Gasteiger partial charge in [0, 0.05) is 35.2 Å². The van der Waals surface area contributed by atoms with E-state index in [1.807, 2.05) is 37.3 Å². The zero-order valence-corrected chi connectivity index (χ0v) is 15.7. The van der Waals surface area contributed by atoms with Gasteiger partial charge in [-0.25, -0.2) is 0 Å². The van der Waals surface area contributed by atoms with Crippen molar-refractivity contribution >= 4 is 22.5 Å². The van der Waals surface area contributed by atoms with E-state index < -0.39 is 17.8 Å². The van der Waals surface area contributed by atoms with Crippen LogP contribution in [0.25, 0.3) is 22.0 Å². The molecule has 1 amide bonds. The van der Waals surface area contributed by atoms with Crippen LogP contribution in [-0.4, -0.2) is 20.9 Å². The Morgan fingerprint density at radius 1 is 0.933 bits per heavy atom. The molecule has 0 spiro atoms.